The van der Waals surface area contributed by atoms with Gasteiger partial charge in [0.05, 0.1) is 5.92 Å². The van der Waals surface area contributed by atoms with E-state index in [1.165, 1.54) is 17.7 Å². The number of amides is 2. The third-order valence-electron chi connectivity index (χ3n) is 6.14. The zero-order valence-electron chi connectivity index (χ0n) is 16.6. The smallest absolute Gasteiger partial charge is 0.227 e. The van der Waals surface area contributed by atoms with E-state index >= 15 is 0 Å². The highest BCUT2D eigenvalue weighted by molar-refractivity contribution is 5.89. The summed E-state index contributed by atoms with van der Waals surface area (Å²) in [6.07, 6.45) is 3.38. The molecule has 4 rings (SSSR count). The van der Waals surface area contributed by atoms with Crippen molar-refractivity contribution in [3.05, 3.63) is 71.5 Å². The van der Waals surface area contributed by atoms with E-state index in [0.717, 1.165) is 37.9 Å². The van der Waals surface area contributed by atoms with Gasteiger partial charge in [0.15, 0.2) is 0 Å². The highest BCUT2D eigenvalue weighted by Gasteiger charge is 2.37. The summed E-state index contributed by atoms with van der Waals surface area (Å²) in [5.74, 6) is 0.185. The van der Waals surface area contributed by atoms with Gasteiger partial charge in [0.1, 0.15) is 5.82 Å². The number of nitrogens with zero attached hydrogens (tertiary/aromatic N) is 2. The van der Waals surface area contributed by atoms with Gasteiger partial charge in [-0.3, -0.25) is 9.59 Å². The van der Waals surface area contributed by atoms with Crippen LogP contribution in [-0.2, 0) is 22.6 Å². The van der Waals surface area contributed by atoms with Crippen molar-refractivity contribution >= 4 is 11.8 Å². The molecule has 2 amide bonds. The zero-order valence-corrected chi connectivity index (χ0v) is 16.6. The molecule has 29 heavy (non-hydrogen) atoms. The minimum atomic E-state index is -0.287. The minimum Gasteiger partial charge on any atom is -0.342 e. The van der Waals surface area contributed by atoms with E-state index in [-0.39, 0.29) is 30.0 Å². The summed E-state index contributed by atoms with van der Waals surface area (Å²) in [7, 11) is 0. The van der Waals surface area contributed by atoms with Crippen LogP contribution in [0.15, 0.2) is 54.6 Å². The number of carbonyl (C=O) groups is 2. The molecule has 0 aliphatic carbocycles. The van der Waals surface area contributed by atoms with Crippen molar-refractivity contribution in [2.45, 2.75) is 32.2 Å². The molecule has 2 heterocycles. The van der Waals surface area contributed by atoms with E-state index < -0.39 is 0 Å². The van der Waals surface area contributed by atoms with Gasteiger partial charge in [-0.15, -0.1) is 0 Å². The van der Waals surface area contributed by atoms with Crippen LogP contribution >= 0.6 is 0 Å². The molecule has 2 saturated heterocycles. The topological polar surface area (TPSA) is 40.6 Å². The van der Waals surface area contributed by atoms with Crippen molar-refractivity contribution in [1.29, 1.82) is 0 Å². The van der Waals surface area contributed by atoms with Crippen molar-refractivity contribution < 1.29 is 14.0 Å². The van der Waals surface area contributed by atoms with Crippen LogP contribution in [0.5, 0.6) is 0 Å². The second-order valence-corrected chi connectivity index (χ2v) is 8.26. The van der Waals surface area contributed by atoms with Crippen LogP contribution in [0.3, 0.4) is 0 Å². The van der Waals surface area contributed by atoms with E-state index in [0.29, 0.717) is 19.0 Å². The molecule has 1 atom stereocenters. The van der Waals surface area contributed by atoms with Crippen molar-refractivity contribution in [3.8, 4) is 0 Å². The van der Waals surface area contributed by atoms with E-state index in [1.807, 2.05) is 11.0 Å². The maximum absolute atomic E-state index is 13.1. The lowest BCUT2D eigenvalue weighted by Crippen LogP contribution is -2.42. The summed E-state index contributed by atoms with van der Waals surface area (Å²) in [5, 5.41) is 0. The Morgan fingerprint density at radius 3 is 2.34 bits per heavy atom. The van der Waals surface area contributed by atoms with Crippen LogP contribution in [0.4, 0.5) is 4.39 Å². The number of carbonyl (C=O) groups excluding carboxylic acids is 2. The largest absolute Gasteiger partial charge is 0.342 e. The Labute approximate surface area is 171 Å². The van der Waals surface area contributed by atoms with Crippen molar-refractivity contribution in [1.82, 2.24) is 9.80 Å². The first kappa shape index (κ1) is 19.6. The fourth-order valence-electron chi connectivity index (χ4n) is 4.46. The monoisotopic (exact) mass is 394 g/mol. The summed E-state index contributed by atoms with van der Waals surface area (Å²) in [6, 6.07) is 16.7. The number of benzene rings is 2. The fraction of sp³-hybridized carbons (Fsp3) is 0.417. The summed E-state index contributed by atoms with van der Waals surface area (Å²) in [6.45, 7) is 2.44. The second-order valence-electron chi connectivity index (χ2n) is 8.26. The molecule has 2 aromatic rings. The first-order chi connectivity index (χ1) is 14.1. The minimum absolute atomic E-state index is 0.00615. The van der Waals surface area contributed by atoms with Gasteiger partial charge in [0.2, 0.25) is 11.8 Å². The molecular formula is C24H27FN2O2. The van der Waals surface area contributed by atoms with Gasteiger partial charge in [0.25, 0.3) is 0 Å². The van der Waals surface area contributed by atoms with Crippen molar-refractivity contribution in [2.24, 2.45) is 11.8 Å². The summed E-state index contributed by atoms with van der Waals surface area (Å²) in [5.41, 5.74) is 2.24. The highest BCUT2D eigenvalue weighted by Crippen LogP contribution is 2.26. The first-order valence-corrected chi connectivity index (χ1v) is 10.4. The molecule has 0 spiro atoms. The molecule has 152 valence electrons. The maximum Gasteiger partial charge on any atom is 0.227 e. The van der Waals surface area contributed by atoms with Crippen LogP contribution in [-0.4, -0.2) is 41.2 Å². The van der Waals surface area contributed by atoms with Crippen LogP contribution in [0.1, 0.15) is 30.4 Å². The molecule has 0 radical (unpaired) electrons. The predicted octanol–water partition coefficient (Wildman–Crippen LogP) is 3.66. The molecule has 1 unspecified atom stereocenters. The van der Waals surface area contributed by atoms with E-state index in [9.17, 15) is 14.0 Å². The van der Waals surface area contributed by atoms with E-state index in [1.54, 1.807) is 17.0 Å². The van der Waals surface area contributed by atoms with Gasteiger partial charge in [0, 0.05) is 32.6 Å². The molecule has 2 fully saturated rings. The Kier molecular flexibility index (Phi) is 5.93. The van der Waals surface area contributed by atoms with Crippen molar-refractivity contribution in [3.63, 3.8) is 0 Å². The van der Waals surface area contributed by atoms with Crippen LogP contribution < -0.4 is 0 Å². The summed E-state index contributed by atoms with van der Waals surface area (Å²) in [4.78, 5) is 29.0. The fourth-order valence-corrected chi connectivity index (χ4v) is 4.46. The molecule has 2 aliphatic rings. The quantitative estimate of drug-likeness (QED) is 0.777. The number of hydrogen-bond acceptors (Lipinski definition) is 2. The Hall–Kier alpha value is -2.69. The lowest BCUT2D eigenvalue weighted by molar-refractivity contribution is -0.137. The lowest BCUT2D eigenvalue weighted by Gasteiger charge is -2.33. The maximum atomic E-state index is 13.1. The van der Waals surface area contributed by atoms with E-state index in [2.05, 4.69) is 24.3 Å². The number of rotatable bonds is 5. The Balaban J connectivity index is 1.28. The number of halogens is 1. The molecular weight excluding hydrogens is 367 g/mol. The Bertz CT molecular complexity index is 845. The number of piperidine rings is 1. The van der Waals surface area contributed by atoms with Gasteiger partial charge < -0.3 is 9.80 Å². The second kappa shape index (κ2) is 8.76. The normalized spacial score (nSPS) is 20.3. The van der Waals surface area contributed by atoms with Gasteiger partial charge >= 0.3 is 0 Å². The Morgan fingerprint density at radius 1 is 0.966 bits per heavy atom. The SMILES string of the molecule is O=C1CC(C(=O)N2CCC(Cc3ccccc3)CC2)CN1Cc1ccc(F)cc1. The molecule has 2 aromatic carbocycles. The van der Waals surface area contributed by atoms with E-state index in [4.69, 9.17) is 0 Å². The molecule has 0 saturated carbocycles. The average molecular weight is 394 g/mol. The molecule has 5 heteroatoms. The number of hydrogen-bond donors (Lipinski definition) is 0. The van der Waals surface area contributed by atoms with Gasteiger partial charge in [-0.2, -0.15) is 0 Å². The highest BCUT2D eigenvalue weighted by atomic mass is 19.1. The van der Waals surface area contributed by atoms with Crippen molar-refractivity contribution in [2.75, 3.05) is 19.6 Å². The lowest BCUT2D eigenvalue weighted by atomic mass is 9.89. The average Bonchev–Trinajstić information content (AvgIpc) is 3.11. The zero-order chi connectivity index (χ0) is 20.2. The predicted molar refractivity (Wildman–Crippen MR) is 109 cm³/mol. The molecule has 0 bridgehead atoms. The first-order valence-electron chi connectivity index (χ1n) is 10.4. The van der Waals surface area contributed by atoms with Gasteiger partial charge in [-0.1, -0.05) is 42.5 Å². The van der Waals surface area contributed by atoms with Crippen LogP contribution in [0.2, 0.25) is 0 Å². The number of likely N-dealkylation sites (tertiary alicyclic amines) is 2. The molecule has 4 nitrogen and oxygen atoms in total. The third kappa shape index (κ3) is 4.84. The van der Waals surface area contributed by atoms with Gasteiger partial charge in [-0.05, 0) is 48.4 Å². The summed E-state index contributed by atoms with van der Waals surface area (Å²) < 4.78 is 13.1. The summed E-state index contributed by atoms with van der Waals surface area (Å²) >= 11 is 0. The molecule has 0 N–H and O–H groups in total. The standard InChI is InChI=1S/C24H27FN2O2/c25-22-8-6-20(7-9-22)16-27-17-21(15-23(27)28)24(29)26-12-10-19(11-13-26)14-18-4-2-1-3-5-18/h1-9,19,21H,10-17H2. The van der Waals surface area contributed by atoms with Crippen LogP contribution in [0, 0.1) is 17.7 Å². The molecule has 2 aliphatic heterocycles. The van der Waals surface area contributed by atoms with Gasteiger partial charge in [-0.25, -0.2) is 4.39 Å². The molecule has 0 aromatic heterocycles. The third-order valence-corrected chi connectivity index (χ3v) is 6.14. The van der Waals surface area contributed by atoms with Crippen LogP contribution in [0.25, 0.3) is 0 Å². The Morgan fingerprint density at radius 2 is 1.66 bits per heavy atom.